The highest BCUT2D eigenvalue weighted by molar-refractivity contribution is 5.87. The Labute approximate surface area is 119 Å². The fourth-order valence-corrected chi connectivity index (χ4v) is 1.84. The van der Waals surface area contributed by atoms with Crippen LogP contribution in [-0.4, -0.2) is 12.3 Å². The highest BCUT2D eigenvalue weighted by atomic mass is 19.4. The first kappa shape index (κ1) is 14.9. The van der Waals surface area contributed by atoms with Crippen LogP contribution in [0.25, 0.3) is 11.1 Å². The molecule has 3 nitrogen and oxygen atoms in total. The third kappa shape index (κ3) is 4.24. The average Bonchev–Trinajstić information content (AvgIpc) is 2.38. The summed E-state index contributed by atoms with van der Waals surface area (Å²) in [6, 6.07) is 12.2. The number of amides is 1. The minimum absolute atomic E-state index is 0.281. The number of alkyl halides is 3. The van der Waals surface area contributed by atoms with Gasteiger partial charge in [-0.1, -0.05) is 42.5 Å². The molecule has 0 unspecified atom stereocenters. The van der Waals surface area contributed by atoms with Crippen molar-refractivity contribution in [1.82, 2.24) is 0 Å². The third-order valence-electron chi connectivity index (χ3n) is 2.64. The molecule has 1 amide bonds. The van der Waals surface area contributed by atoms with E-state index in [9.17, 15) is 18.0 Å². The van der Waals surface area contributed by atoms with Crippen molar-refractivity contribution in [2.24, 2.45) is 5.73 Å². The Hall–Kier alpha value is -2.50. The first-order valence-corrected chi connectivity index (χ1v) is 5.94. The van der Waals surface area contributed by atoms with Crippen LogP contribution >= 0.6 is 0 Å². The molecule has 0 bridgehead atoms. The highest BCUT2D eigenvalue weighted by Crippen LogP contribution is 2.33. The summed E-state index contributed by atoms with van der Waals surface area (Å²) in [6.45, 7) is 0. The largest absolute Gasteiger partial charge is 0.573 e. The number of carbonyl (C=O) groups is 1. The van der Waals surface area contributed by atoms with Gasteiger partial charge in [0.1, 0.15) is 5.75 Å². The van der Waals surface area contributed by atoms with Gasteiger partial charge in [-0.2, -0.15) is 0 Å². The number of rotatable bonds is 4. The first-order valence-electron chi connectivity index (χ1n) is 5.94. The minimum Gasteiger partial charge on any atom is -0.405 e. The minimum atomic E-state index is -4.75. The smallest absolute Gasteiger partial charge is 0.405 e. The molecule has 2 aromatic rings. The van der Waals surface area contributed by atoms with Crippen molar-refractivity contribution in [1.29, 1.82) is 0 Å². The lowest BCUT2D eigenvalue weighted by atomic mass is 10.0. The molecule has 0 atom stereocenters. The molecule has 21 heavy (non-hydrogen) atoms. The summed E-state index contributed by atoms with van der Waals surface area (Å²) >= 11 is 0. The van der Waals surface area contributed by atoms with Crippen LogP contribution in [-0.2, 0) is 4.79 Å². The monoisotopic (exact) mass is 294 g/mol. The van der Waals surface area contributed by atoms with Crippen LogP contribution in [0, 0.1) is 6.42 Å². The van der Waals surface area contributed by atoms with Crippen LogP contribution in [0.1, 0.15) is 5.56 Å². The van der Waals surface area contributed by atoms with Crippen molar-refractivity contribution < 1.29 is 22.7 Å². The number of carbonyl (C=O) groups excluding carboxylic acids is 1. The van der Waals surface area contributed by atoms with Gasteiger partial charge in [0.25, 0.3) is 0 Å². The maximum atomic E-state index is 12.4. The molecule has 0 heterocycles. The van der Waals surface area contributed by atoms with Crippen molar-refractivity contribution in [2.75, 3.05) is 0 Å². The average molecular weight is 294 g/mol. The van der Waals surface area contributed by atoms with E-state index in [4.69, 9.17) is 5.73 Å². The fraction of sp³-hybridized carbons (Fsp3) is 0.0667. The maximum absolute atomic E-state index is 12.4. The lowest BCUT2D eigenvalue weighted by molar-refractivity contribution is -0.274. The number of para-hydroxylation sites is 1. The summed E-state index contributed by atoms with van der Waals surface area (Å²) in [5, 5.41) is 0. The Morgan fingerprint density at radius 2 is 1.67 bits per heavy atom. The van der Waals surface area contributed by atoms with Gasteiger partial charge in [-0.15, -0.1) is 13.2 Å². The van der Waals surface area contributed by atoms with Gasteiger partial charge in [0.15, 0.2) is 0 Å². The van der Waals surface area contributed by atoms with E-state index in [1.807, 2.05) is 0 Å². The Morgan fingerprint density at radius 1 is 1.05 bits per heavy atom. The number of halogens is 3. The Morgan fingerprint density at radius 3 is 2.24 bits per heavy atom. The number of primary amides is 1. The molecular weight excluding hydrogens is 283 g/mol. The Kier molecular flexibility index (Phi) is 4.16. The summed E-state index contributed by atoms with van der Waals surface area (Å²) in [7, 11) is 0. The summed E-state index contributed by atoms with van der Waals surface area (Å²) in [6.07, 6.45) is -3.53. The van der Waals surface area contributed by atoms with Crippen molar-refractivity contribution in [2.45, 2.75) is 6.36 Å². The van der Waals surface area contributed by atoms with Crippen LogP contribution in [0.5, 0.6) is 5.75 Å². The van der Waals surface area contributed by atoms with Crippen molar-refractivity contribution >= 4 is 5.91 Å². The maximum Gasteiger partial charge on any atom is 0.573 e. The van der Waals surface area contributed by atoms with E-state index in [1.54, 1.807) is 30.3 Å². The molecule has 0 aliphatic rings. The van der Waals surface area contributed by atoms with Crippen LogP contribution < -0.4 is 10.5 Å². The van der Waals surface area contributed by atoms with Gasteiger partial charge in [0, 0.05) is 5.56 Å². The second kappa shape index (κ2) is 5.87. The second-order valence-corrected chi connectivity index (χ2v) is 4.21. The number of hydrogen-bond donors (Lipinski definition) is 1. The van der Waals surface area contributed by atoms with Gasteiger partial charge in [-0.3, -0.25) is 4.79 Å². The van der Waals surface area contributed by atoms with E-state index in [2.05, 4.69) is 4.74 Å². The molecule has 2 N–H and O–H groups in total. The van der Waals surface area contributed by atoms with Crippen LogP contribution in [0.2, 0.25) is 0 Å². The Bertz CT molecular complexity index is 636. The van der Waals surface area contributed by atoms with Crippen molar-refractivity contribution in [3.63, 3.8) is 0 Å². The lowest BCUT2D eigenvalue weighted by Crippen LogP contribution is -2.17. The van der Waals surface area contributed by atoms with Gasteiger partial charge in [-0.25, -0.2) is 0 Å². The van der Waals surface area contributed by atoms with E-state index >= 15 is 0 Å². The molecule has 0 fully saturated rings. The molecule has 0 aliphatic carbocycles. The number of ether oxygens (including phenoxy) is 1. The molecule has 0 spiro atoms. The van der Waals surface area contributed by atoms with Gasteiger partial charge < -0.3 is 10.5 Å². The number of benzene rings is 2. The molecule has 0 aliphatic heterocycles. The van der Waals surface area contributed by atoms with Crippen LogP contribution in [0.3, 0.4) is 0 Å². The first-order chi connectivity index (χ1) is 9.85. The number of nitrogens with two attached hydrogens (primary N) is 1. The standard InChI is InChI=1S/C15H11F3NO2/c16-15(17,18)21-13-4-2-1-3-12(13)11-7-5-10(6-8-11)9-14(19)20/h1-9H,(H2,19,20). The quantitative estimate of drug-likeness (QED) is 0.940. The third-order valence-corrected chi connectivity index (χ3v) is 2.64. The second-order valence-electron chi connectivity index (χ2n) is 4.21. The summed E-state index contributed by atoms with van der Waals surface area (Å²) < 4.78 is 41.1. The molecule has 0 saturated heterocycles. The molecule has 109 valence electrons. The summed E-state index contributed by atoms with van der Waals surface area (Å²) in [5.41, 5.74) is 6.44. The molecule has 2 rings (SSSR count). The van der Waals surface area contributed by atoms with Gasteiger partial charge in [0.2, 0.25) is 5.91 Å². The van der Waals surface area contributed by atoms with Crippen molar-refractivity contribution in [3.8, 4) is 16.9 Å². The summed E-state index contributed by atoms with van der Waals surface area (Å²) in [5.74, 6) is -0.875. The zero-order valence-electron chi connectivity index (χ0n) is 10.7. The van der Waals surface area contributed by atoms with E-state index in [1.165, 1.54) is 24.6 Å². The molecule has 6 heteroatoms. The van der Waals surface area contributed by atoms with Crippen molar-refractivity contribution in [3.05, 3.63) is 60.5 Å². The molecule has 1 radical (unpaired) electrons. The van der Waals surface area contributed by atoms with E-state index < -0.39 is 12.3 Å². The molecule has 0 aromatic heterocycles. The number of hydrogen-bond acceptors (Lipinski definition) is 2. The summed E-state index contributed by atoms with van der Waals surface area (Å²) in [4.78, 5) is 10.8. The van der Waals surface area contributed by atoms with E-state index in [0.29, 0.717) is 16.7 Å². The van der Waals surface area contributed by atoms with E-state index in [0.717, 1.165) is 0 Å². The topological polar surface area (TPSA) is 52.3 Å². The van der Waals surface area contributed by atoms with Gasteiger partial charge in [0.05, 0.1) is 6.42 Å². The zero-order chi connectivity index (χ0) is 15.5. The fourth-order valence-electron chi connectivity index (χ4n) is 1.84. The lowest BCUT2D eigenvalue weighted by Gasteiger charge is -2.13. The predicted octanol–water partition coefficient (Wildman–Crippen LogP) is 3.29. The SMILES string of the molecule is NC(=O)[CH]c1ccc(-c2ccccc2OC(F)(F)F)cc1. The van der Waals surface area contributed by atoms with Crippen LogP contribution in [0.15, 0.2) is 48.5 Å². The zero-order valence-corrected chi connectivity index (χ0v) is 10.7. The Balaban J connectivity index is 2.31. The highest BCUT2D eigenvalue weighted by Gasteiger charge is 2.32. The molecule has 2 aromatic carbocycles. The normalized spacial score (nSPS) is 11.2. The van der Waals surface area contributed by atoms with Gasteiger partial charge >= 0.3 is 6.36 Å². The molecule has 0 saturated carbocycles. The van der Waals surface area contributed by atoms with Gasteiger partial charge in [-0.05, 0) is 17.2 Å². The predicted molar refractivity (Wildman–Crippen MR) is 71.2 cm³/mol. The van der Waals surface area contributed by atoms with Crippen LogP contribution in [0.4, 0.5) is 13.2 Å². The molecular formula is C15H11F3NO2. The van der Waals surface area contributed by atoms with E-state index in [-0.39, 0.29) is 5.75 Å².